The van der Waals surface area contributed by atoms with Crippen LogP contribution in [0.25, 0.3) is 5.57 Å². The Labute approximate surface area is 222 Å². The van der Waals surface area contributed by atoms with Gasteiger partial charge in [-0.3, -0.25) is 4.79 Å². The van der Waals surface area contributed by atoms with Gasteiger partial charge in [-0.2, -0.15) is 0 Å². The van der Waals surface area contributed by atoms with Gasteiger partial charge in [-0.1, -0.05) is 94.5 Å². The number of nitrogens with one attached hydrogen (secondary N) is 1. The van der Waals surface area contributed by atoms with E-state index in [1.54, 1.807) is 19.9 Å². The number of rotatable bonds is 16. The van der Waals surface area contributed by atoms with Gasteiger partial charge in [0.15, 0.2) is 0 Å². The predicted octanol–water partition coefficient (Wildman–Crippen LogP) is 7.76. The lowest BCUT2D eigenvalue weighted by molar-refractivity contribution is -0.146. The summed E-state index contributed by atoms with van der Waals surface area (Å²) in [6, 6.07) is 4.82. The second kappa shape index (κ2) is 16.6. The molecule has 0 aromatic heterocycles. The first-order valence-electron chi connectivity index (χ1n) is 13.7. The summed E-state index contributed by atoms with van der Waals surface area (Å²) >= 11 is 0. The lowest BCUT2D eigenvalue weighted by Crippen LogP contribution is -2.44. The van der Waals surface area contributed by atoms with Crippen LogP contribution in [0.5, 0.6) is 5.75 Å². The Morgan fingerprint density at radius 2 is 1.78 bits per heavy atom. The largest absolute Gasteiger partial charge is 0.493 e. The smallest absolute Gasteiger partial charge is 0.341 e. The number of aliphatic imine (C=N–C) groups is 1. The SMILES string of the molecule is C=CC=CC=C(CCCCCCCCC)c1cccc(C2NC(=O)N=C(C)C2C(=O)OCC)c1OCC. The molecule has 1 N–H and O–H groups in total. The molecule has 37 heavy (non-hydrogen) atoms. The molecule has 2 unspecified atom stereocenters. The van der Waals surface area contributed by atoms with E-state index in [1.807, 2.05) is 37.3 Å². The minimum atomic E-state index is -0.719. The molecule has 0 bridgehead atoms. The van der Waals surface area contributed by atoms with Gasteiger partial charge >= 0.3 is 12.0 Å². The molecular formula is C31H44N2O4. The first-order valence-corrected chi connectivity index (χ1v) is 13.7. The molecule has 0 saturated heterocycles. The van der Waals surface area contributed by atoms with Crippen LogP contribution in [0.15, 0.2) is 54.1 Å². The Morgan fingerprint density at radius 1 is 1.05 bits per heavy atom. The number of para-hydroxylation sites is 1. The number of amides is 2. The molecular weight excluding hydrogens is 464 g/mol. The molecule has 1 aromatic carbocycles. The van der Waals surface area contributed by atoms with Crippen molar-refractivity contribution in [3.8, 4) is 5.75 Å². The highest BCUT2D eigenvalue weighted by atomic mass is 16.5. The van der Waals surface area contributed by atoms with Crippen molar-refractivity contribution < 1.29 is 19.1 Å². The topological polar surface area (TPSA) is 77.0 Å². The molecule has 0 radical (unpaired) electrons. The summed E-state index contributed by atoms with van der Waals surface area (Å²) in [6.07, 6.45) is 17.3. The van der Waals surface area contributed by atoms with Crippen molar-refractivity contribution >= 4 is 23.3 Å². The van der Waals surface area contributed by atoms with Crippen LogP contribution in [0.1, 0.15) is 96.2 Å². The van der Waals surface area contributed by atoms with Gasteiger partial charge in [0.2, 0.25) is 0 Å². The second-order valence-electron chi connectivity index (χ2n) is 9.25. The lowest BCUT2D eigenvalue weighted by atomic mass is 9.85. The van der Waals surface area contributed by atoms with Gasteiger partial charge in [-0.05, 0) is 39.2 Å². The number of benzene rings is 1. The van der Waals surface area contributed by atoms with Crippen molar-refractivity contribution in [2.24, 2.45) is 10.9 Å². The summed E-state index contributed by atoms with van der Waals surface area (Å²) in [4.78, 5) is 29.3. The van der Waals surface area contributed by atoms with Crippen LogP contribution in [0.3, 0.4) is 0 Å². The zero-order chi connectivity index (χ0) is 27.0. The van der Waals surface area contributed by atoms with E-state index in [4.69, 9.17) is 9.47 Å². The normalized spacial score (nSPS) is 17.9. The molecule has 0 aliphatic carbocycles. The zero-order valence-corrected chi connectivity index (χ0v) is 23.1. The Morgan fingerprint density at radius 3 is 2.46 bits per heavy atom. The van der Waals surface area contributed by atoms with Crippen LogP contribution in [-0.4, -0.2) is 30.9 Å². The minimum absolute atomic E-state index is 0.253. The molecule has 6 heteroatoms. The molecule has 1 aliphatic heterocycles. The fourth-order valence-electron chi connectivity index (χ4n) is 4.70. The quantitative estimate of drug-likeness (QED) is 0.141. The van der Waals surface area contributed by atoms with Crippen LogP contribution in [-0.2, 0) is 9.53 Å². The minimum Gasteiger partial charge on any atom is -0.493 e. The molecule has 6 nitrogen and oxygen atoms in total. The van der Waals surface area contributed by atoms with Crippen molar-refractivity contribution in [3.05, 3.63) is 60.2 Å². The lowest BCUT2D eigenvalue weighted by Gasteiger charge is -2.31. The van der Waals surface area contributed by atoms with Gasteiger partial charge in [0.25, 0.3) is 0 Å². The summed E-state index contributed by atoms with van der Waals surface area (Å²) in [5, 5.41) is 2.89. The molecule has 2 amide bonds. The van der Waals surface area contributed by atoms with E-state index in [9.17, 15) is 9.59 Å². The summed E-state index contributed by atoms with van der Waals surface area (Å²) < 4.78 is 11.6. The number of carbonyl (C=O) groups excluding carboxylic acids is 2. The van der Waals surface area contributed by atoms with Crippen molar-refractivity contribution in [2.75, 3.05) is 13.2 Å². The Bertz CT molecular complexity index is 993. The number of urea groups is 1. The number of unbranched alkanes of at least 4 members (excludes halogenated alkanes) is 6. The van der Waals surface area contributed by atoms with E-state index >= 15 is 0 Å². The van der Waals surface area contributed by atoms with E-state index in [-0.39, 0.29) is 6.61 Å². The monoisotopic (exact) mass is 508 g/mol. The molecule has 202 valence electrons. The third-order valence-electron chi connectivity index (χ3n) is 6.49. The fourth-order valence-corrected chi connectivity index (χ4v) is 4.70. The molecule has 1 heterocycles. The average Bonchev–Trinajstić information content (AvgIpc) is 2.87. The van der Waals surface area contributed by atoms with Crippen LogP contribution in [0.2, 0.25) is 0 Å². The van der Waals surface area contributed by atoms with Crippen molar-refractivity contribution in [2.45, 2.75) is 85.1 Å². The van der Waals surface area contributed by atoms with E-state index < -0.39 is 24.0 Å². The van der Waals surface area contributed by atoms with Crippen LogP contribution < -0.4 is 10.1 Å². The van der Waals surface area contributed by atoms with E-state index in [0.29, 0.717) is 18.1 Å². The third kappa shape index (κ3) is 9.03. The molecule has 0 spiro atoms. The van der Waals surface area contributed by atoms with E-state index in [0.717, 1.165) is 29.5 Å². The summed E-state index contributed by atoms with van der Waals surface area (Å²) in [5.41, 5.74) is 3.30. The number of esters is 1. The Kier molecular flexibility index (Phi) is 13.5. The number of ether oxygens (including phenoxy) is 2. The van der Waals surface area contributed by atoms with Gasteiger partial charge < -0.3 is 14.8 Å². The molecule has 2 atom stereocenters. The van der Waals surface area contributed by atoms with Crippen molar-refractivity contribution in [1.82, 2.24) is 5.32 Å². The summed E-state index contributed by atoms with van der Waals surface area (Å²) in [6.45, 7) is 12.1. The highest BCUT2D eigenvalue weighted by Crippen LogP contribution is 2.40. The van der Waals surface area contributed by atoms with Gasteiger partial charge in [-0.15, -0.1) is 0 Å². The maximum absolute atomic E-state index is 12.9. The first-order chi connectivity index (χ1) is 18.0. The van der Waals surface area contributed by atoms with Crippen LogP contribution in [0, 0.1) is 5.92 Å². The molecule has 0 saturated carbocycles. The Hall–Kier alpha value is -3.15. The summed E-state index contributed by atoms with van der Waals surface area (Å²) in [7, 11) is 0. The number of hydrogen-bond donors (Lipinski definition) is 1. The van der Waals surface area contributed by atoms with Crippen LogP contribution in [0.4, 0.5) is 4.79 Å². The molecule has 1 aromatic rings. The van der Waals surface area contributed by atoms with Gasteiger partial charge in [-0.25, -0.2) is 9.79 Å². The number of nitrogens with zero attached hydrogens (tertiary/aromatic N) is 1. The van der Waals surface area contributed by atoms with Crippen molar-refractivity contribution in [1.29, 1.82) is 0 Å². The van der Waals surface area contributed by atoms with Crippen LogP contribution >= 0.6 is 0 Å². The summed E-state index contributed by atoms with van der Waals surface area (Å²) in [5.74, 6) is -0.446. The average molecular weight is 509 g/mol. The van der Waals surface area contributed by atoms with E-state index in [2.05, 4.69) is 29.9 Å². The predicted molar refractivity (Wildman–Crippen MR) is 152 cm³/mol. The number of allylic oxidation sites excluding steroid dienone is 5. The number of hydrogen-bond acceptors (Lipinski definition) is 4. The van der Waals surface area contributed by atoms with Gasteiger partial charge in [0.05, 0.1) is 19.3 Å². The zero-order valence-electron chi connectivity index (χ0n) is 23.1. The van der Waals surface area contributed by atoms with Crippen molar-refractivity contribution in [3.63, 3.8) is 0 Å². The van der Waals surface area contributed by atoms with E-state index in [1.165, 1.54) is 38.5 Å². The second-order valence-corrected chi connectivity index (χ2v) is 9.25. The molecule has 2 rings (SSSR count). The fraction of sp³-hybridized carbons (Fsp3) is 0.516. The molecule has 0 fully saturated rings. The highest BCUT2D eigenvalue weighted by Gasteiger charge is 2.39. The third-order valence-corrected chi connectivity index (χ3v) is 6.49. The maximum Gasteiger partial charge on any atom is 0.341 e. The Balaban J connectivity index is 2.44. The first kappa shape index (κ1) is 30.1. The number of carbonyl (C=O) groups is 2. The highest BCUT2D eigenvalue weighted by molar-refractivity contribution is 6.08. The standard InChI is InChI=1S/C31H44N2O4/c1-6-10-12-13-14-15-17-20-24(19-16-11-7-2)25-21-18-22-26(29(25)36-8-3)28-27(30(34)37-9-4)23(5)32-31(35)33-28/h7,11,16,18-19,21-22,27-28H,2,6,8-10,12-15,17,20H2,1,3-5H3,(H,33,35). The molecule has 1 aliphatic rings. The van der Waals surface area contributed by atoms with Gasteiger partial charge in [0.1, 0.15) is 11.7 Å². The maximum atomic E-state index is 12.9. The van der Waals surface area contributed by atoms with Gasteiger partial charge in [0, 0.05) is 16.8 Å².